The van der Waals surface area contributed by atoms with E-state index in [9.17, 15) is 4.79 Å². The molecule has 6 nitrogen and oxygen atoms in total. The molecule has 0 aromatic heterocycles. The molecular formula is C23H34N4O2. The lowest BCUT2D eigenvalue weighted by Gasteiger charge is -2.34. The van der Waals surface area contributed by atoms with Crippen LogP contribution in [0.4, 0.5) is 0 Å². The maximum absolute atomic E-state index is 12.8. The predicted molar refractivity (Wildman–Crippen MR) is 118 cm³/mol. The molecule has 2 aliphatic rings. The SMILES string of the molecule is CN=C(NCC1(C(=O)N(C)C)CCCC1)N1CC=C(c2cccc(OC)c2)CC1. The fraction of sp³-hybridized carbons (Fsp3) is 0.565. The van der Waals surface area contributed by atoms with Crippen molar-refractivity contribution in [2.45, 2.75) is 32.1 Å². The van der Waals surface area contributed by atoms with Crippen LogP contribution in [0.3, 0.4) is 0 Å². The molecule has 1 aromatic rings. The van der Waals surface area contributed by atoms with E-state index in [1.807, 2.05) is 33.3 Å². The van der Waals surface area contributed by atoms with Crippen LogP contribution in [0.25, 0.3) is 5.57 Å². The van der Waals surface area contributed by atoms with Crippen LogP contribution in [0.1, 0.15) is 37.7 Å². The monoisotopic (exact) mass is 398 g/mol. The number of ether oxygens (including phenoxy) is 1. The number of guanidine groups is 1. The third-order valence-electron chi connectivity index (χ3n) is 6.17. The number of rotatable bonds is 5. The Labute approximate surface area is 174 Å². The van der Waals surface area contributed by atoms with Gasteiger partial charge in [-0.3, -0.25) is 9.79 Å². The van der Waals surface area contributed by atoms with E-state index < -0.39 is 0 Å². The van der Waals surface area contributed by atoms with E-state index in [-0.39, 0.29) is 11.3 Å². The minimum Gasteiger partial charge on any atom is -0.497 e. The zero-order valence-corrected chi connectivity index (χ0v) is 18.2. The molecule has 0 bridgehead atoms. The Hall–Kier alpha value is -2.50. The number of nitrogens with one attached hydrogen (secondary N) is 1. The smallest absolute Gasteiger partial charge is 0.230 e. The van der Waals surface area contributed by atoms with E-state index in [1.165, 1.54) is 11.1 Å². The van der Waals surface area contributed by atoms with Crippen molar-refractivity contribution in [3.05, 3.63) is 35.9 Å². The molecule has 1 amide bonds. The standard InChI is InChI=1S/C23H34N4O2/c1-24-22(25-17-23(12-5-6-13-23)21(28)26(2)3)27-14-10-18(11-15-27)19-8-7-9-20(16-19)29-4/h7-10,16H,5-6,11-15,17H2,1-4H3,(H,24,25). The van der Waals surface area contributed by atoms with Gasteiger partial charge in [0, 0.05) is 40.8 Å². The van der Waals surface area contributed by atoms with Gasteiger partial charge in [-0.25, -0.2) is 0 Å². The second-order valence-corrected chi connectivity index (χ2v) is 8.25. The first-order valence-corrected chi connectivity index (χ1v) is 10.5. The molecule has 1 heterocycles. The van der Waals surface area contributed by atoms with Gasteiger partial charge in [0.2, 0.25) is 5.91 Å². The molecule has 0 radical (unpaired) electrons. The molecule has 158 valence electrons. The molecule has 1 fully saturated rings. The summed E-state index contributed by atoms with van der Waals surface area (Å²) < 4.78 is 5.35. The molecule has 29 heavy (non-hydrogen) atoms. The average Bonchev–Trinajstić information content (AvgIpc) is 3.24. The summed E-state index contributed by atoms with van der Waals surface area (Å²) in [5, 5.41) is 3.51. The Kier molecular flexibility index (Phi) is 6.83. The summed E-state index contributed by atoms with van der Waals surface area (Å²) >= 11 is 0. The van der Waals surface area contributed by atoms with Crippen molar-refractivity contribution in [1.82, 2.24) is 15.1 Å². The van der Waals surface area contributed by atoms with Gasteiger partial charge in [0.05, 0.1) is 12.5 Å². The van der Waals surface area contributed by atoms with Crippen LogP contribution in [-0.4, -0.2) is 69.6 Å². The summed E-state index contributed by atoms with van der Waals surface area (Å²) in [6, 6.07) is 8.22. The van der Waals surface area contributed by atoms with E-state index in [4.69, 9.17) is 4.74 Å². The third-order valence-corrected chi connectivity index (χ3v) is 6.17. The number of carbonyl (C=O) groups is 1. The number of carbonyl (C=O) groups excluding carboxylic acids is 1. The van der Waals surface area contributed by atoms with Crippen LogP contribution in [0.2, 0.25) is 0 Å². The van der Waals surface area contributed by atoms with E-state index >= 15 is 0 Å². The molecule has 0 unspecified atom stereocenters. The van der Waals surface area contributed by atoms with Crippen LogP contribution < -0.4 is 10.1 Å². The first-order valence-electron chi connectivity index (χ1n) is 10.5. The first kappa shape index (κ1) is 21.2. The fourth-order valence-corrected chi connectivity index (χ4v) is 4.52. The molecule has 0 atom stereocenters. The molecule has 1 N–H and O–H groups in total. The van der Waals surface area contributed by atoms with Gasteiger partial charge in [-0.2, -0.15) is 0 Å². The summed E-state index contributed by atoms with van der Waals surface area (Å²) in [6.45, 7) is 2.36. The Morgan fingerprint density at radius 3 is 2.66 bits per heavy atom. The predicted octanol–water partition coefficient (Wildman–Crippen LogP) is 3.01. The lowest BCUT2D eigenvalue weighted by Crippen LogP contribution is -2.50. The van der Waals surface area contributed by atoms with Crippen LogP contribution >= 0.6 is 0 Å². The average molecular weight is 399 g/mol. The number of methoxy groups -OCH3 is 1. The fourth-order valence-electron chi connectivity index (χ4n) is 4.52. The van der Waals surface area contributed by atoms with E-state index in [0.29, 0.717) is 6.54 Å². The van der Waals surface area contributed by atoms with Gasteiger partial charge in [0.15, 0.2) is 5.96 Å². The Morgan fingerprint density at radius 2 is 2.07 bits per heavy atom. The van der Waals surface area contributed by atoms with Gasteiger partial charge in [-0.05, 0) is 42.5 Å². The number of benzene rings is 1. The number of hydrogen-bond donors (Lipinski definition) is 1. The number of aliphatic imine (C=N–C) groups is 1. The van der Waals surface area contributed by atoms with Gasteiger partial charge in [-0.1, -0.05) is 31.1 Å². The summed E-state index contributed by atoms with van der Waals surface area (Å²) in [6.07, 6.45) is 7.37. The summed E-state index contributed by atoms with van der Waals surface area (Å²) in [4.78, 5) is 21.3. The highest BCUT2D eigenvalue weighted by Gasteiger charge is 2.42. The highest BCUT2D eigenvalue weighted by Crippen LogP contribution is 2.39. The molecule has 1 aromatic carbocycles. The maximum Gasteiger partial charge on any atom is 0.230 e. The Balaban J connectivity index is 1.64. The summed E-state index contributed by atoms with van der Waals surface area (Å²) in [5.41, 5.74) is 2.26. The molecule has 1 aliphatic heterocycles. The van der Waals surface area contributed by atoms with Gasteiger partial charge >= 0.3 is 0 Å². The molecular weight excluding hydrogens is 364 g/mol. The van der Waals surface area contributed by atoms with Gasteiger partial charge in [0.25, 0.3) is 0 Å². The van der Waals surface area contributed by atoms with E-state index in [0.717, 1.165) is 56.9 Å². The lowest BCUT2D eigenvalue weighted by molar-refractivity contribution is -0.138. The van der Waals surface area contributed by atoms with Crippen molar-refractivity contribution in [3.8, 4) is 5.75 Å². The number of nitrogens with zero attached hydrogens (tertiary/aromatic N) is 3. The van der Waals surface area contributed by atoms with Crippen LogP contribution in [-0.2, 0) is 4.79 Å². The molecule has 0 saturated heterocycles. The third kappa shape index (κ3) is 4.74. The van der Waals surface area contributed by atoms with Crippen molar-refractivity contribution in [3.63, 3.8) is 0 Å². The zero-order valence-electron chi connectivity index (χ0n) is 18.2. The van der Waals surface area contributed by atoms with Crippen molar-refractivity contribution in [1.29, 1.82) is 0 Å². The first-order chi connectivity index (χ1) is 14.0. The lowest BCUT2D eigenvalue weighted by atomic mass is 9.84. The van der Waals surface area contributed by atoms with Crippen molar-refractivity contribution < 1.29 is 9.53 Å². The topological polar surface area (TPSA) is 57.2 Å². The normalized spacial score (nSPS) is 19.0. The molecule has 1 aliphatic carbocycles. The molecule has 1 saturated carbocycles. The van der Waals surface area contributed by atoms with Gasteiger partial charge in [0.1, 0.15) is 5.75 Å². The van der Waals surface area contributed by atoms with Crippen molar-refractivity contribution >= 4 is 17.4 Å². The summed E-state index contributed by atoms with van der Waals surface area (Å²) in [7, 11) is 7.22. The van der Waals surface area contributed by atoms with Gasteiger partial charge < -0.3 is 19.9 Å². The molecule has 6 heteroatoms. The summed E-state index contributed by atoms with van der Waals surface area (Å²) in [5.74, 6) is 2.00. The van der Waals surface area contributed by atoms with Crippen molar-refractivity contribution in [2.75, 3.05) is 47.9 Å². The van der Waals surface area contributed by atoms with Crippen LogP contribution in [0.15, 0.2) is 35.3 Å². The van der Waals surface area contributed by atoms with E-state index in [2.05, 4.69) is 33.4 Å². The highest BCUT2D eigenvalue weighted by molar-refractivity contribution is 5.85. The van der Waals surface area contributed by atoms with E-state index in [1.54, 1.807) is 12.0 Å². The quantitative estimate of drug-likeness (QED) is 0.612. The van der Waals surface area contributed by atoms with Crippen molar-refractivity contribution in [2.24, 2.45) is 10.4 Å². The molecule has 3 rings (SSSR count). The second kappa shape index (κ2) is 9.33. The maximum atomic E-state index is 12.8. The molecule has 0 spiro atoms. The minimum atomic E-state index is -0.295. The van der Waals surface area contributed by atoms with Gasteiger partial charge in [-0.15, -0.1) is 0 Å². The number of amides is 1. The zero-order chi connectivity index (χ0) is 20.9. The minimum absolute atomic E-state index is 0.233. The number of hydrogen-bond acceptors (Lipinski definition) is 3. The Bertz CT molecular complexity index is 779. The highest BCUT2D eigenvalue weighted by atomic mass is 16.5. The van der Waals surface area contributed by atoms with Crippen LogP contribution in [0, 0.1) is 5.41 Å². The Morgan fingerprint density at radius 1 is 1.31 bits per heavy atom. The second-order valence-electron chi connectivity index (χ2n) is 8.25. The van der Waals surface area contributed by atoms with Crippen LogP contribution in [0.5, 0.6) is 5.75 Å². The largest absolute Gasteiger partial charge is 0.497 e.